The molecule has 0 radical (unpaired) electrons. The van der Waals surface area contributed by atoms with Crippen LogP contribution in [0.3, 0.4) is 0 Å². The van der Waals surface area contributed by atoms with Crippen LogP contribution >= 0.6 is 0 Å². The summed E-state index contributed by atoms with van der Waals surface area (Å²) in [5.74, 6) is -1.93. The van der Waals surface area contributed by atoms with Gasteiger partial charge in [0.2, 0.25) is 0 Å². The quantitative estimate of drug-likeness (QED) is 0.741. The summed E-state index contributed by atoms with van der Waals surface area (Å²) < 4.78 is 30.8. The zero-order valence-corrected chi connectivity index (χ0v) is 10.9. The zero-order chi connectivity index (χ0) is 14.3. The van der Waals surface area contributed by atoms with Crippen molar-refractivity contribution in [1.29, 1.82) is 0 Å². The fourth-order valence-electron chi connectivity index (χ4n) is 1.73. The summed E-state index contributed by atoms with van der Waals surface area (Å²) in [4.78, 5) is 1.79. The molecule has 0 saturated heterocycles. The number of aliphatic hydroxyl groups excluding tert-OH is 2. The van der Waals surface area contributed by atoms with E-state index in [2.05, 4.69) is 0 Å². The molecule has 0 fully saturated rings. The van der Waals surface area contributed by atoms with E-state index in [1.54, 1.807) is 12.0 Å². The van der Waals surface area contributed by atoms with Crippen LogP contribution in [0, 0.1) is 11.6 Å². The topological polar surface area (TPSA) is 52.9 Å². The minimum Gasteiger partial charge on any atom is -0.395 e. The van der Waals surface area contributed by atoms with Crippen molar-refractivity contribution in [2.45, 2.75) is 6.10 Å². The Morgan fingerprint density at radius 3 is 2.58 bits per heavy atom. The average molecular weight is 275 g/mol. The first-order valence-corrected chi connectivity index (χ1v) is 6.03. The van der Waals surface area contributed by atoms with Crippen molar-refractivity contribution in [2.75, 3.05) is 40.0 Å². The van der Waals surface area contributed by atoms with Crippen molar-refractivity contribution in [3.8, 4) is 0 Å². The molecule has 0 aliphatic rings. The normalized spacial score (nSPS) is 12.9. The molecule has 0 amide bonds. The van der Waals surface area contributed by atoms with Gasteiger partial charge >= 0.3 is 0 Å². The van der Waals surface area contributed by atoms with E-state index in [1.807, 2.05) is 0 Å². The Bertz CT molecular complexity index is 390. The van der Waals surface area contributed by atoms with Gasteiger partial charge in [-0.25, -0.2) is 8.78 Å². The molecule has 0 spiro atoms. The van der Waals surface area contributed by atoms with E-state index in [4.69, 9.17) is 9.84 Å². The van der Waals surface area contributed by atoms with Crippen molar-refractivity contribution in [1.82, 2.24) is 4.90 Å². The largest absolute Gasteiger partial charge is 0.395 e. The lowest BCUT2D eigenvalue weighted by Crippen LogP contribution is -2.34. The smallest absolute Gasteiger partial charge is 0.159 e. The fraction of sp³-hybridized carbons (Fsp3) is 0.538. The third kappa shape index (κ3) is 5.20. The van der Waals surface area contributed by atoms with Gasteiger partial charge in [-0.15, -0.1) is 0 Å². The van der Waals surface area contributed by atoms with Crippen LogP contribution in [-0.4, -0.2) is 55.1 Å². The summed E-state index contributed by atoms with van der Waals surface area (Å²) >= 11 is 0. The van der Waals surface area contributed by atoms with E-state index in [0.29, 0.717) is 25.3 Å². The summed E-state index contributed by atoms with van der Waals surface area (Å²) in [6, 6.07) is 3.31. The number of halogens is 2. The molecule has 108 valence electrons. The lowest BCUT2D eigenvalue weighted by atomic mass is 10.1. The Labute approximate surface area is 111 Å². The zero-order valence-electron chi connectivity index (χ0n) is 10.9. The van der Waals surface area contributed by atoms with E-state index in [1.165, 1.54) is 6.07 Å². The van der Waals surface area contributed by atoms with Crippen LogP contribution in [0.2, 0.25) is 0 Å². The Morgan fingerprint density at radius 2 is 2.00 bits per heavy atom. The van der Waals surface area contributed by atoms with Crippen molar-refractivity contribution in [2.24, 2.45) is 0 Å². The molecule has 0 aromatic heterocycles. The number of methoxy groups -OCH3 is 1. The van der Waals surface area contributed by atoms with Crippen LogP contribution < -0.4 is 0 Å². The maximum Gasteiger partial charge on any atom is 0.159 e. The molecular formula is C13H19F2NO3. The molecule has 0 aliphatic heterocycles. The molecule has 0 aliphatic carbocycles. The number of nitrogens with zero attached hydrogens (tertiary/aromatic N) is 1. The Kier molecular flexibility index (Phi) is 6.86. The first kappa shape index (κ1) is 16.0. The first-order valence-electron chi connectivity index (χ1n) is 6.03. The van der Waals surface area contributed by atoms with Crippen molar-refractivity contribution in [3.63, 3.8) is 0 Å². The molecule has 1 rings (SSSR count). The highest BCUT2D eigenvalue weighted by Crippen LogP contribution is 2.17. The number of rotatable bonds is 8. The molecule has 6 heteroatoms. The third-order valence-corrected chi connectivity index (χ3v) is 2.79. The maximum atomic E-state index is 13.1. The lowest BCUT2D eigenvalue weighted by molar-refractivity contribution is 0.0777. The predicted octanol–water partition coefficient (Wildman–Crippen LogP) is 0.939. The van der Waals surface area contributed by atoms with E-state index in [0.717, 1.165) is 12.1 Å². The van der Waals surface area contributed by atoms with Gasteiger partial charge in [-0.3, -0.25) is 4.90 Å². The second-order valence-corrected chi connectivity index (χ2v) is 4.21. The number of benzene rings is 1. The van der Waals surface area contributed by atoms with E-state index in [9.17, 15) is 13.9 Å². The van der Waals surface area contributed by atoms with Gasteiger partial charge in [0.1, 0.15) is 0 Å². The highest BCUT2D eigenvalue weighted by Gasteiger charge is 2.15. The van der Waals surface area contributed by atoms with Crippen LogP contribution in [0.15, 0.2) is 18.2 Å². The van der Waals surface area contributed by atoms with Gasteiger partial charge in [-0.05, 0) is 17.7 Å². The van der Waals surface area contributed by atoms with Crippen LogP contribution in [0.1, 0.15) is 11.7 Å². The maximum absolute atomic E-state index is 13.1. The van der Waals surface area contributed by atoms with Gasteiger partial charge in [0.05, 0.1) is 19.3 Å². The summed E-state index contributed by atoms with van der Waals surface area (Å²) in [5, 5.41) is 18.9. The Balaban J connectivity index is 2.63. The number of ether oxygens (including phenoxy) is 1. The van der Waals surface area contributed by atoms with Gasteiger partial charge in [0.25, 0.3) is 0 Å². The highest BCUT2D eigenvalue weighted by atomic mass is 19.2. The van der Waals surface area contributed by atoms with Crippen LogP contribution in [-0.2, 0) is 4.74 Å². The minimum absolute atomic E-state index is 0.0474. The van der Waals surface area contributed by atoms with Crippen LogP contribution in [0.5, 0.6) is 0 Å². The molecule has 0 heterocycles. The second-order valence-electron chi connectivity index (χ2n) is 4.21. The fourth-order valence-corrected chi connectivity index (χ4v) is 1.73. The van der Waals surface area contributed by atoms with Gasteiger partial charge in [0, 0.05) is 26.7 Å². The second kappa shape index (κ2) is 8.16. The highest BCUT2D eigenvalue weighted by molar-refractivity contribution is 5.20. The molecule has 1 unspecified atom stereocenters. The van der Waals surface area contributed by atoms with Crippen molar-refractivity contribution >= 4 is 0 Å². The molecule has 1 aromatic rings. The van der Waals surface area contributed by atoms with E-state index < -0.39 is 17.7 Å². The molecule has 0 bridgehead atoms. The van der Waals surface area contributed by atoms with Crippen molar-refractivity contribution < 1.29 is 23.7 Å². The molecule has 2 N–H and O–H groups in total. The predicted molar refractivity (Wildman–Crippen MR) is 66.7 cm³/mol. The molecule has 19 heavy (non-hydrogen) atoms. The van der Waals surface area contributed by atoms with E-state index >= 15 is 0 Å². The van der Waals surface area contributed by atoms with Crippen LogP contribution in [0.4, 0.5) is 8.78 Å². The average Bonchev–Trinajstić information content (AvgIpc) is 2.39. The molecule has 1 atom stereocenters. The summed E-state index contributed by atoms with van der Waals surface area (Å²) in [6.45, 7) is 1.55. The van der Waals surface area contributed by atoms with Gasteiger partial charge in [-0.2, -0.15) is 0 Å². The SMILES string of the molecule is COCCN(CCO)CC(O)c1ccc(F)c(F)c1. The third-order valence-electron chi connectivity index (χ3n) is 2.79. The molecule has 1 aromatic carbocycles. The summed E-state index contributed by atoms with van der Waals surface area (Å²) in [5.41, 5.74) is 0.305. The van der Waals surface area contributed by atoms with Gasteiger partial charge in [-0.1, -0.05) is 6.07 Å². The van der Waals surface area contributed by atoms with Crippen LogP contribution in [0.25, 0.3) is 0 Å². The summed E-state index contributed by atoms with van der Waals surface area (Å²) in [7, 11) is 1.56. The number of aliphatic hydroxyl groups is 2. The molecular weight excluding hydrogens is 256 g/mol. The monoisotopic (exact) mass is 275 g/mol. The first-order chi connectivity index (χ1) is 9.08. The Hall–Kier alpha value is -1.08. The standard InChI is InChI=1S/C13H19F2NO3/c1-19-7-5-16(4-6-17)9-13(18)10-2-3-11(14)12(15)8-10/h2-3,8,13,17-18H,4-7,9H2,1H3. The number of hydrogen-bond donors (Lipinski definition) is 2. The molecule has 4 nitrogen and oxygen atoms in total. The molecule has 0 saturated carbocycles. The number of hydrogen-bond acceptors (Lipinski definition) is 4. The van der Waals surface area contributed by atoms with Gasteiger partial charge in [0.15, 0.2) is 11.6 Å². The van der Waals surface area contributed by atoms with Gasteiger partial charge < -0.3 is 14.9 Å². The Morgan fingerprint density at radius 1 is 1.26 bits per heavy atom. The van der Waals surface area contributed by atoms with E-state index in [-0.39, 0.29) is 13.2 Å². The summed E-state index contributed by atoms with van der Waals surface area (Å²) in [6.07, 6.45) is -0.946. The minimum atomic E-state index is -0.984. The van der Waals surface area contributed by atoms with Crippen molar-refractivity contribution in [3.05, 3.63) is 35.4 Å². The lowest BCUT2D eigenvalue weighted by Gasteiger charge is -2.24.